The first-order chi connectivity index (χ1) is 10.1. The van der Waals surface area contributed by atoms with Gasteiger partial charge in [-0.1, -0.05) is 12.1 Å². The number of aryl methyl sites for hydroxylation is 2. The molecule has 2 rings (SSSR count). The Kier molecular flexibility index (Phi) is 4.27. The van der Waals surface area contributed by atoms with Crippen molar-refractivity contribution in [1.29, 1.82) is 0 Å². The molecule has 0 radical (unpaired) electrons. The van der Waals surface area contributed by atoms with Gasteiger partial charge in [-0.05, 0) is 31.5 Å². The van der Waals surface area contributed by atoms with E-state index in [0.29, 0.717) is 22.6 Å². The molecule has 0 aliphatic rings. The summed E-state index contributed by atoms with van der Waals surface area (Å²) in [6.45, 7) is 3.21. The number of primary sulfonamides is 1. The third-order valence-corrected chi connectivity index (χ3v) is 5.28. The van der Waals surface area contributed by atoms with Gasteiger partial charge in [-0.3, -0.25) is 9.82 Å². The molecule has 4 N–H and O–H groups in total. The van der Waals surface area contributed by atoms with Crippen LogP contribution >= 0.6 is 0 Å². The highest BCUT2D eigenvalue weighted by molar-refractivity contribution is 7.92. The van der Waals surface area contributed by atoms with E-state index in [2.05, 4.69) is 14.9 Å². The van der Waals surface area contributed by atoms with Crippen LogP contribution in [-0.2, 0) is 25.8 Å². The first kappa shape index (κ1) is 16.5. The van der Waals surface area contributed by atoms with Crippen molar-refractivity contribution in [2.45, 2.75) is 24.5 Å². The summed E-state index contributed by atoms with van der Waals surface area (Å²) >= 11 is 0. The van der Waals surface area contributed by atoms with Gasteiger partial charge in [-0.25, -0.2) is 22.0 Å². The molecule has 1 aromatic heterocycles. The summed E-state index contributed by atoms with van der Waals surface area (Å²) < 4.78 is 49.1. The Morgan fingerprint density at radius 3 is 2.18 bits per heavy atom. The summed E-state index contributed by atoms with van der Waals surface area (Å²) in [5.41, 5.74) is 1.60. The first-order valence-electron chi connectivity index (χ1n) is 6.22. The van der Waals surface area contributed by atoms with Gasteiger partial charge in [0.2, 0.25) is 10.0 Å². The van der Waals surface area contributed by atoms with Crippen molar-refractivity contribution in [2.24, 2.45) is 5.14 Å². The van der Waals surface area contributed by atoms with E-state index in [1.807, 2.05) is 0 Å². The molecule has 0 atom stereocenters. The van der Waals surface area contributed by atoms with E-state index in [-0.39, 0.29) is 10.6 Å². The molecule has 1 heterocycles. The van der Waals surface area contributed by atoms with Crippen molar-refractivity contribution in [1.82, 2.24) is 10.2 Å². The number of benzene rings is 1. The maximum Gasteiger partial charge on any atom is 0.265 e. The minimum Gasteiger partial charge on any atom is -0.281 e. The lowest BCUT2D eigenvalue weighted by Crippen LogP contribution is -2.15. The normalized spacial score (nSPS) is 12.3. The molecule has 120 valence electrons. The van der Waals surface area contributed by atoms with Crippen LogP contribution in [0.25, 0.3) is 0 Å². The Balaban J connectivity index is 2.24. The molecule has 0 bridgehead atoms. The van der Waals surface area contributed by atoms with Crippen LogP contribution in [0.4, 0.5) is 5.69 Å². The summed E-state index contributed by atoms with van der Waals surface area (Å²) in [6.07, 6.45) is 0. The summed E-state index contributed by atoms with van der Waals surface area (Å²) in [7, 11) is -7.39. The molecule has 10 heteroatoms. The van der Waals surface area contributed by atoms with Gasteiger partial charge < -0.3 is 0 Å². The fourth-order valence-electron chi connectivity index (χ4n) is 2.04. The number of nitrogens with one attached hydrogen (secondary N) is 2. The second kappa shape index (κ2) is 5.71. The van der Waals surface area contributed by atoms with Crippen molar-refractivity contribution in [3.05, 3.63) is 41.2 Å². The maximum absolute atomic E-state index is 12.3. The van der Waals surface area contributed by atoms with Crippen molar-refractivity contribution in [3.8, 4) is 0 Å². The van der Waals surface area contributed by atoms with E-state index in [1.54, 1.807) is 13.8 Å². The van der Waals surface area contributed by atoms with E-state index >= 15 is 0 Å². The van der Waals surface area contributed by atoms with E-state index < -0.39 is 20.0 Å². The van der Waals surface area contributed by atoms with Gasteiger partial charge in [-0.2, -0.15) is 5.10 Å². The maximum atomic E-state index is 12.3. The summed E-state index contributed by atoms with van der Waals surface area (Å²) in [5, 5.41) is 11.4. The van der Waals surface area contributed by atoms with Gasteiger partial charge in [0.05, 0.1) is 17.1 Å². The fraction of sp³-hybridized carbons (Fsp3) is 0.250. The van der Waals surface area contributed by atoms with Crippen LogP contribution in [0.1, 0.15) is 17.0 Å². The van der Waals surface area contributed by atoms with Gasteiger partial charge in [0.15, 0.2) is 0 Å². The number of aromatic nitrogens is 2. The van der Waals surface area contributed by atoms with Gasteiger partial charge in [-0.15, -0.1) is 0 Å². The molecule has 0 aliphatic carbocycles. The van der Waals surface area contributed by atoms with Crippen LogP contribution in [-0.4, -0.2) is 27.0 Å². The van der Waals surface area contributed by atoms with Crippen LogP contribution in [0, 0.1) is 13.8 Å². The molecule has 0 saturated heterocycles. The molecule has 8 nitrogen and oxygen atoms in total. The zero-order chi connectivity index (χ0) is 16.5. The van der Waals surface area contributed by atoms with E-state index in [9.17, 15) is 16.8 Å². The number of nitrogens with zero attached hydrogens (tertiary/aromatic N) is 1. The number of sulfonamides is 2. The minimum atomic E-state index is -3.77. The highest BCUT2D eigenvalue weighted by Gasteiger charge is 2.22. The molecule has 0 fully saturated rings. The number of rotatable bonds is 5. The number of aromatic amines is 1. The highest BCUT2D eigenvalue weighted by atomic mass is 32.2. The molecule has 0 spiro atoms. The Hall–Kier alpha value is -1.91. The molecular weight excluding hydrogens is 328 g/mol. The van der Waals surface area contributed by atoms with E-state index in [1.165, 1.54) is 24.3 Å². The monoisotopic (exact) mass is 344 g/mol. The third kappa shape index (κ3) is 3.84. The van der Waals surface area contributed by atoms with Crippen molar-refractivity contribution < 1.29 is 16.8 Å². The number of nitrogens with two attached hydrogens (primary N) is 1. The number of hydrogen-bond acceptors (Lipinski definition) is 5. The lowest BCUT2D eigenvalue weighted by atomic mass is 10.2. The molecule has 0 aliphatic heterocycles. The predicted molar refractivity (Wildman–Crippen MR) is 82.1 cm³/mol. The highest BCUT2D eigenvalue weighted by Crippen LogP contribution is 2.21. The zero-order valence-electron chi connectivity index (χ0n) is 12.0. The minimum absolute atomic E-state index is 0.0983. The van der Waals surface area contributed by atoms with Crippen LogP contribution in [0.2, 0.25) is 0 Å². The van der Waals surface area contributed by atoms with Gasteiger partial charge in [0.25, 0.3) is 10.0 Å². The first-order valence-corrected chi connectivity index (χ1v) is 9.42. The zero-order valence-corrected chi connectivity index (χ0v) is 13.6. The van der Waals surface area contributed by atoms with Gasteiger partial charge in [0, 0.05) is 5.69 Å². The molecular formula is C12H16N4O4S2. The summed E-state index contributed by atoms with van der Waals surface area (Å²) in [6, 6.07) is 5.94. The van der Waals surface area contributed by atoms with Gasteiger partial charge in [0.1, 0.15) is 4.90 Å². The molecule has 0 amide bonds. The molecule has 22 heavy (non-hydrogen) atoms. The summed E-state index contributed by atoms with van der Waals surface area (Å²) in [5.74, 6) is -0.306. The quantitative estimate of drug-likeness (QED) is 0.730. The second-order valence-electron chi connectivity index (χ2n) is 4.87. The van der Waals surface area contributed by atoms with Crippen LogP contribution in [0.5, 0.6) is 0 Å². The number of H-pyrrole nitrogens is 1. The average molecular weight is 344 g/mol. The van der Waals surface area contributed by atoms with Crippen molar-refractivity contribution in [2.75, 3.05) is 4.72 Å². The number of hydrogen-bond donors (Lipinski definition) is 3. The smallest absolute Gasteiger partial charge is 0.265 e. The van der Waals surface area contributed by atoms with Crippen molar-refractivity contribution >= 4 is 25.7 Å². The Labute approximate surface area is 128 Å². The lowest BCUT2D eigenvalue weighted by Gasteiger charge is -2.09. The fourth-order valence-corrected chi connectivity index (χ4v) is 4.13. The van der Waals surface area contributed by atoms with Crippen LogP contribution < -0.4 is 9.86 Å². The molecule has 1 aromatic carbocycles. The molecule has 0 saturated carbocycles. The topological polar surface area (TPSA) is 135 Å². The molecule has 2 aromatic rings. The largest absolute Gasteiger partial charge is 0.281 e. The van der Waals surface area contributed by atoms with Crippen molar-refractivity contribution in [3.63, 3.8) is 0 Å². The SMILES string of the molecule is Cc1n[nH]c(C)c1S(=O)(=O)Nc1ccc(CS(N)(=O)=O)cc1. The van der Waals surface area contributed by atoms with Gasteiger partial charge >= 0.3 is 0 Å². The van der Waals surface area contributed by atoms with Crippen LogP contribution in [0.3, 0.4) is 0 Å². The molecule has 0 unspecified atom stereocenters. The standard InChI is InChI=1S/C12H16N4O4S2/c1-8-12(9(2)15-14-8)22(19,20)16-11-5-3-10(4-6-11)7-21(13,17)18/h3-6,16H,7H2,1-2H3,(H,14,15)(H2,13,17,18). The Morgan fingerprint density at radius 2 is 1.73 bits per heavy atom. The third-order valence-electron chi connectivity index (χ3n) is 2.90. The van der Waals surface area contributed by atoms with Crippen LogP contribution in [0.15, 0.2) is 29.2 Å². The van der Waals surface area contributed by atoms with E-state index in [4.69, 9.17) is 5.14 Å². The summed E-state index contributed by atoms with van der Waals surface area (Å²) in [4.78, 5) is 0.0983. The average Bonchev–Trinajstić information content (AvgIpc) is 2.70. The Bertz CT molecular complexity index is 864. The lowest BCUT2D eigenvalue weighted by molar-refractivity contribution is 0.596. The predicted octanol–water partition coefficient (Wildman–Crippen LogP) is 0.616. The Morgan fingerprint density at radius 1 is 1.14 bits per heavy atom. The van der Waals surface area contributed by atoms with E-state index in [0.717, 1.165) is 0 Å². The number of anilines is 1. The second-order valence-corrected chi connectivity index (χ2v) is 8.11.